The Kier molecular flexibility index (Phi) is 5.97. The molecular weight excluding hydrogens is 482 g/mol. The van der Waals surface area contributed by atoms with Crippen LogP contribution in [0.3, 0.4) is 0 Å². The Hall–Kier alpha value is -3.30. The number of carbonyl (C=O) groups is 2. The van der Waals surface area contributed by atoms with Crippen LogP contribution in [0.1, 0.15) is 31.3 Å². The van der Waals surface area contributed by atoms with E-state index >= 15 is 0 Å². The molecule has 1 amide bonds. The molecule has 0 saturated carbocycles. The summed E-state index contributed by atoms with van der Waals surface area (Å²) in [6, 6.07) is 14.8. The average molecular weight is 498 g/mol. The smallest absolute Gasteiger partial charge is 0.338 e. The van der Waals surface area contributed by atoms with Crippen molar-refractivity contribution < 1.29 is 14.3 Å². The van der Waals surface area contributed by atoms with Gasteiger partial charge in [-0.3, -0.25) is 14.0 Å². The fourth-order valence-electron chi connectivity index (χ4n) is 2.89. The number of ether oxygens (including phenoxy) is 1. The number of halogens is 1. The lowest BCUT2D eigenvalue weighted by molar-refractivity contribution is 0.0467. The highest BCUT2D eigenvalue weighted by molar-refractivity contribution is 9.10. The maximum atomic E-state index is 12.4. The van der Waals surface area contributed by atoms with Crippen molar-refractivity contribution in [1.29, 1.82) is 0 Å². The molecular formula is C22H16BrN3O4S. The first kappa shape index (κ1) is 21.0. The van der Waals surface area contributed by atoms with Gasteiger partial charge >= 0.3 is 5.97 Å². The van der Waals surface area contributed by atoms with Gasteiger partial charge in [-0.05, 0) is 59.3 Å². The van der Waals surface area contributed by atoms with Gasteiger partial charge in [-0.15, -0.1) is 11.3 Å². The number of aryl methyl sites for hydroxylation is 1. The Morgan fingerprint density at radius 1 is 1.16 bits per heavy atom. The van der Waals surface area contributed by atoms with E-state index in [1.165, 1.54) is 21.8 Å². The molecule has 0 atom stereocenters. The van der Waals surface area contributed by atoms with Gasteiger partial charge in [-0.1, -0.05) is 12.1 Å². The number of nitrogens with one attached hydrogen (secondary N) is 1. The fraction of sp³-hybridized carbons (Fsp3) is 0.0909. The molecule has 9 heteroatoms. The molecule has 156 valence electrons. The number of benzene rings is 2. The van der Waals surface area contributed by atoms with Crippen LogP contribution in [0, 0.1) is 6.92 Å². The van der Waals surface area contributed by atoms with Crippen molar-refractivity contribution in [2.75, 3.05) is 5.32 Å². The van der Waals surface area contributed by atoms with Crippen LogP contribution in [-0.2, 0) is 11.3 Å². The zero-order chi connectivity index (χ0) is 22.0. The zero-order valence-electron chi connectivity index (χ0n) is 16.3. The van der Waals surface area contributed by atoms with E-state index in [0.29, 0.717) is 31.9 Å². The molecule has 0 saturated heterocycles. The largest absolute Gasteiger partial charge is 0.456 e. The molecule has 0 aliphatic rings. The van der Waals surface area contributed by atoms with Crippen LogP contribution in [0.25, 0.3) is 4.96 Å². The van der Waals surface area contributed by atoms with E-state index in [0.717, 1.165) is 4.88 Å². The molecule has 0 aliphatic heterocycles. The Morgan fingerprint density at radius 2 is 1.90 bits per heavy atom. The number of hydrogen-bond donors (Lipinski definition) is 1. The van der Waals surface area contributed by atoms with Gasteiger partial charge in [0.1, 0.15) is 6.61 Å². The first-order chi connectivity index (χ1) is 14.9. The third-order valence-electron chi connectivity index (χ3n) is 4.38. The number of nitrogens with zero attached hydrogens (tertiary/aromatic N) is 2. The van der Waals surface area contributed by atoms with Gasteiger partial charge in [0, 0.05) is 27.3 Å². The third kappa shape index (κ3) is 4.73. The monoisotopic (exact) mass is 497 g/mol. The quantitative estimate of drug-likeness (QED) is 0.411. The average Bonchev–Trinajstić information content (AvgIpc) is 3.13. The van der Waals surface area contributed by atoms with Crippen molar-refractivity contribution in [3.8, 4) is 0 Å². The zero-order valence-corrected chi connectivity index (χ0v) is 18.7. The minimum atomic E-state index is -0.548. The lowest BCUT2D eigenvalue weighted by Gasteiger charge is -2.08. The van der Waals surface area contributed by atoms with Gasteiger partial charge in [0.15, 0.2) is 4.96 Å². The number of fused-ring (bicyclic) bond motifs is 1. The van der Waals surface area contributed by atoms with Crippen molar-refractivity contribution >= 4 is 49.8 Å². The predicted molar refractivity (Wildman–Crippen MR) is 122 cm³/mol. The summed E-state index contributed by atoms with van der Waals surface area (Å²) in [6.45, 7) is 1.78. The van der Waals surface area contributed by atoms with Crippen LogP contribution in [0.2, 0.25) is 0 Å². The molecule has 0 radical (unpaired) electrons. The summed E-state index contributed by atoms with van der Waals surface area (Å²) in [5, 5.41) is 2.78. The second-order valence-electron chi connectivity index (χ2n) is 6.67. The van der Waals surface area contributed by atoms with Crippen molar-refractivity contribution in [2.45, 2.75) is 13.5 Å². The second kappa shape index (κ2) is 8.83. The maximum Gasteiger partial charge on any atom is 0.338 e. The molecule has 7 nitrogen and oxygen atoms in total. The summed E-state index contributed by atoms with van der Waals surface area (Å²) in [4.78, 5) is 42.7. The van der Waals surface area contributed by atoms with Crippen molar-refractivity contribution in [3.05, 3.63) is 97.3 Å². The Balaban J connectivity index is 1.40. The maximum absolute atomic E-state index is 12.4. The summed E-state index contributed by atoms with van der Waals surface area (Å²) < 4.78 is 7.45. The molecule has 2 aromatic heterocycles. The van der Waals surface area contributed by atoms with Gasteiger partial charge in [0.05, 0.1) is 16.8 Å². The molecule has 4 rings (SSSR count). The molecule has 31 heavy (non-hydrogen) atoms. The summed E-state index contributed by atoms with van der Waals surface area (Å²) in [6.07, 6.45) is 1.72. The van der Waals surface area contributed by atoms with E-state index in [1.54, 1.807) is 48.7 Å². The van der Waals surface area contributed by atoms with E-state index in [2.05, 4.69) is 26.2 Å². The summed E-state index contributed by atoms with van der Waals surface area (Å²) in [5.41, 5.74) is 1.55. The molecule has 2 heterocycles. The Labute approximate surface area is 189 Å². The van der Waals surface area contributed by atoms with Gasteiger partial charge < -0.3 is 10.1 Å². The number of anilines is 1. The van der Waals surface area contributed by atoms with E-state index in [-0.39, 0.29) is 18.1 Å². The van der Waals surface area contributed by atoms with Gasteiger partial charge in [0.2, 0.25) is 0 Å². The number of rotatable bonds is 5. The van der Waals surface area contributed by atoms with E-state index in [1.807, 2.05) is 13.0 Å². The van der Waals surface area contributed by atoms with E-state index < -0.39 is 5.97 Å². The Bertz CT molecular complexity index is 1350. The highest BCUT2D eigenvalue weighted by atomic mass is 79.9. The molecule has 2 aromatic carbocycles. The van der Waals surface area contributed by atoms with Crippen molar-refractivity contribution in [3.63, 3.8) is 0 Å². The highest BCUT2D eigenvalue weighted by Gasteiger charge is 2.12. The van der Waals surface area contributed by atoms with E-state index in [9.17, 15) is 14.4 Å². The SMILES string of the molecule is Cc1cn2c(=O)cc(COC(=O)c3ccc(NC(=O)c4ccccc4Br)cc3)nc2s1. The van der Waals surface area contributed by atoms with Crippen LogP contribution in [-0.4, -0.2) is 21.3 Å². The predicted octanol–water partition coefficient (Wildman–Crippen LogP) is 4.44. The molecule has 1 N–H and O–H groups in total. The summed E-state index contributed by atoms with van der Waals surface area (Å²) in [5.74, 6) is -0.813. The van der Waals surface area contributed by atoms with Gasteiger partial charge in [-0.2, -0.15) is 0 Å². The number of thiazole rings is 1. The number of amides is 1. The first-order valence-electron chi connectivity index (χ1n) is 9.22. The molecule has 0 spiro atoms. The topological polar surface area (TPSA) is 89.8 Å². The van der Waals surface area contributed by atoms with Crippen molar-refractivity contribution in [1.82, 2.24) is 9.38 Å². The second-order valence-corrected chi connectivity index (χ2v) is 8.74. The summed E-state index contributed by atoms with van der Waals surface area (Å²) >= 11 is 4.74. The molecule has 0 aliphatic carbocycles. The van der Waals surface area contributed by atoms with Gasteiger partial charge in [-0.25, -0.2) is 9.78 Å². The van der Waals surface area contributed by atoms with Crippen LogP contribution in [0.5, 0.6) is 0 Å². The van der Waals surface area contributed by atoms with Crippen molar-refractivity contribution in [2.24, 2.45) is 0 Å². The highest BCUT2D eigenvalue weighted by Crippen LogP contribution is 2.19. The van der Waals surface area contributed by atoms with E-state index in [4.69, 9.17) is 4.74 Å². The van der Waals surface area contributed by atoms with Crippen LogP contribution >= 0.6 is 27.3 Å². The first-order valence-corrected chi connectivity index (χ1v) is 10.8. The van der Waals surface area contributed by atoms with Crippen LogP contribution in [0.15, 0.2) is 70.1 Å². The number of hydrogen-bond acceptors (Lipinski definition) is 6. The van der Waals surface area contributed by atoms with Crippen LogP contribution in [0.4, 0.5) is 5.69 Å². The standard InChI is InChI=1S/C22H16BrN3O4S/c1-13-11-26-19(27)10-16(25-22(26)31-13)12-30-21(29)14-6-8-15(9-7-14)24-20(28)17-4-2-3-5-18(17)23/h2-11H,12H2,1H3,(H,24,28). The molecule has 0 unspecified atom stereocenters. The lowest BCUT2D eigenvalue weighted by atomic mass is 10.2. The van der Waals surface area contributed by atoms with Crippen LogP contribution < -0.4 is 10.9 Å². The minimum Gasteiger partial charge on any atom is -0.456 e. The molecule has 0 bridgehead atoms. The van der Waals surface area contributed by atoms with Gasteiger partial charge in [0.25, 0.3) is 11.5 Å². The number of carbonyl (C=O) groups excluding carboxylic acids is 2. The number of aromatic nitrogens is 2. The fourth-order valence-corrected chi connectivity index (χ4v) is 4.20. The minimum absolute atomic E-state index is 0.109. The molecule has 4 aromatic rings. The molecule has 0 fully saturated rings. The number of esters is 1. The third-order valence-corrected chi connectivity index (χ3v) is 5.97. The Morgan fingerprint density at radius 3 is 2.65 bits per heavy atom. The lowest BCUT2D eigenvalue weighted by Crippen LogP contribution is -2.15. The summed E-state index contributed by atoms with van der Waals surface area (Å²) in [7, 11) is 0. The normalized spacial score (nSPS) is 10.8.